The van der Waals surface area contributed by atoms with Gasteiger partial charge in [0.1, 0.15) is 0 Å². The quantitative estimate of drug-likeness (QED) is 0.881. The maximum Gasteiger partial charge on any atom is 0.207 e. The molecule has 0 fully saturated rings. The molecule has 2 rings (SSSR count). The van der Waals surface area contributed by atoms with E-state index in [2.05, 4.69) is 0 Å². The summed E-state index contributed by atoms with van der Waals surface area (Å²) >= 11 is 0. The monoisotopic (exact) mass is 306 g/mol. The molecule has 0 aliphatic carbocycles. The molecule has 5 heteroatoms. The molecular formula is C16H18O4S. The number of sulfone groups is 1. The first kappa shape index (κ1) is 15.7. The third-order valence-corrected chi connectivity index (χ3v) is 5.16. The van der Waals surface area contributed by atoms with E-state index in [0.717, 1.165) is 11.1 Å². The molecule has 0 saturated heterocycles. The summed E-state index contributed by atoms with van der Waals surface area (Å²) in [6.45, 7) is 1.84. The fourth-order valence-electron chi connectivity index (χ4n) is 2.03. The van der Waals surface area contributed by atoms with Crippen LogP contribution in [-0.2, 0) is 16.3 Å². The van der Waals surface area contributed by atoms with Gasteiger partial charge in [-0.3, -0.25) is 0 Å². The molecule has 2 atom stereocenters. The Balaban J connectivity index is 2.17. The number of benzene rings is 2. The summed E-state index contributed by atoms with van der Waals surface area (Å²) in [6.07, 6.45) is -1.30. The molecule has 0 amide bonds. The summed E-state index contributed by atoms with van der Waals surface area (Å²) in [5.41, 5.74) is -0.156. The first-order valence-electron chi connectivity index (χ1n) is 6.62. The van der Waals surface area contributed by atoms with Crippen molar-refractivity contribution >= 4 is 9.84 Å². The van der Waals surface area contributed by atoms with Crippen molar-refractivity contribution in [1.29, 1.82) is 0 Å². The van der Waals surface area contributed by atoms with Crippen molar-refractivity contribution in [2.75, 3.05) is 0 Å². The van der Waals surface area contributed by atoms with Gasteiger partial charge >= 0.3 is 0 Å². The smallest absolute Gasteiger partial charge is 0.207 e. The molecule has 2 unspecified atom stereocenters. The first-order valence-corrected chi connectivity index (χ1v) is 8.16. The van der Waals surface area contributed by atoms with Crippen LogP contribution in [0.25, 0.3) is 0 Å². The highest BCUT2D eigenvalue weighted by Crippen LogP contribution is 2.19. The molecule has 0 bridgehead atoms. The van der Waals surface area contributed by atoms with Crippen LogP contribution in [0.3, 0.4) is 0 Å². The average Bonchev–Trinajstić information content (AvgIpc) is 2.48. The lowest BCUT2D eigenvalue weighted by atomic mass is 10.1. The number of rotatable bonds is 5. The molecule has 0 heterocycles. The summed E-state index contributed by atoms with van der Waals surface area (Å²) in [4.78, 5) is 0.00714. The second kappa shape index (κ2) is 6.39. The SMILES string of the molecule is Cc1ccc(S(=O)(=O)C(O)C(O)Cc2ccccc2)cc1. The highest BCUT2D eigenvalue weighted by Gasteiger charge is 2.31. The van der Waals surface area contributed by atoms with E-state index in [-0.39, 0.29) is 11.3 Å². The Hall–Kier alpha value is -1.69. The largest absolute Gasteiger partial charge is 0.389 e. The van der Waals surface area contributed by atoms with Crippen LogP contribution in [0.5, 0.6) is 0 Å². The minimum absolute atomic E-state index is 0.00714. The predicted molar refractivity (Wildman–Crippen MR) is 80.5 cm³/mol. The third kappa shape index (κ3) is 3.69. The lowest BCUT2D eigenvalue weighted by Crippen LogP contribution is -2.35. The van der Waals surface area contributed by atoms with Gasteiger partial charge in [0.2, 0.25) is 9.84 Å². The minimum Gasteiger partial charge on any atom is -0.389 e. The number of hydrogen-bond acceptors (Lipinski definition) is 4. The zero-order valence-electron chi connectivity index (χ0n) is 11.7. The molecule has 4 nitrogen and oxygen atoms in total. The maximum absolute atomic E-state index is 12.3. The molecule has 112 valence electrons. The van der Waals surface area contributed by atoms with E-state index in [1.807, 2.05) is 13.0 Å². The number of aliphatic hydroxyl groups is 2. The van der Waals surface area contributed by atoms with E-state index in [1.165, 1.54) is 12.1 Å². The van der Waals surface area contributed by atoms with Gasteiger partial charge < -0.3 is 10.2 Å². The Morgan fingerprint density at radius 2 is 1.52 bits per heavy atom. The molecule has 0 spiro atoms. The van der Waals surface area contributed by atoms with Crippen LogP contribution in [0, 0.1) is 6.92 Å². The summed E-state index contributed by atoms with van der Waals surface area (Å²) in [5, 5.41) is 20.0. The Labute approximate surface area is 124 Å². The Kier molecular flexibility index (Phi) is 4.77. The Morgan fingerprint density at radius 3 is 2.10 bits per heavy atom. The summed E-state index contributed by atoms with van der Waals surface area (Å²) in [5.74, 6) is 0. The van der Waals surface area contributed by atoms with Crippen LogP contribution in [-0.4, -0.2) is 30.2 Å². The lowest BCUT2D eigenvalue weighted by Gasteiger charge is -2.18. The van der Waals surface area contributed by atoms with E-state index in [0.29, 0.717) is 0 Å². The van der Waals surface area contributed by atoms with Crippen molar-refractivity contribution in [2.45, 2.75) is 29.8 Å². The Bertz CT molecular complexity index is 678. The van der Waals surface area contributed by atoms with Crippen molar-refractivity contribution in [3.05, 3.63) is 65.7 Å². The number of hydrogen-bond donors (Lipinski definition) is 2. The van der Waals surface area contributed by atoms with E-state index >= 15 is 0 Å². The van der Waals surface area contributed by atoms with Crippen molar-refractivity contribution < 1.29 is 18.6 Å². The molecule has 2 aromatic rings. The van der Waals surface area contributed by atoms with Crippen molar-refractivity contribution in [3.8, 4) is 0 Å². The van der Waals surface area contributed by atoms with Gasteiger partial charge in [-0.2, -0.15) is 0 Å². The van der Waals surface area contributed by atoms with Gasteiger partial charge in [-0.25, -0.2) is 8.42 Å². The molecule has 0 aliphatic heterocycles. The van der Waals surface area contributed by atoms with E-state index in [4.69, 9.17) is 0 Å². The maximum atomic E-state index is 12.3. The van der Waals surface area contributed by atoms with E-state index in [1.54, 1.807) is 36.4 Å². The zero-order chi connectivity index (χ0) is 15.5. The minimum atomic E-state index is -3.97. The zero-order valence-corrected chi connectivity index (χ0v) is 12.5. The van der Waals surface area contributed by atoms with Crippen LogP contribution >= 0.6 is 0 Å². The fraction of sp³-hybridized carbons (Fsp3) is 0.250. The molecule has 2 aromatic carbocycles. The highest BCUT2D eigenvalue weighted by molar-refractivity contribution is 7.92. The van der Waals surface area contributed by atoms with Gasteiger partial charge in [0.05, 0.1) is 11.0 Å². The van der Waals surface area contributed by atoms with E-state index < -0.39 is 21.4 Å². The molecule has 0 radical (unpaired) electrons. The van der Waals surface area contributed by atoms with Crippen LogP contribution in [0.2, 0.25) is 0 Å². The van der Waals surface area contributed by atoms with Crippen molar-refractivity contribution in [1.82, 2.24) is 0 Å². The molecule has 0 saturated carbocycles. The topological polar surface area (TPSA) is 74.6 Å². The Morgan fingerprint density at radius 1 is 0.952 bits per heavy atom. The van der Waals surface area contributed by atoms with Crippen LogP contribution in [0.4, 0.5) is 0 Å². The van der Waals surface area contributed by atoms with Gasteiger partial charge in [0.15, 0.2) is 5.44 Å². The third-order valence-electron chi connectivity index (χ3n) is 3.28. The molecule has 2 N–H and O–H groups in total. The normalized spacial score (nSPS) is 14.6. The number of aryl methyl sites for hydroxylation is 1. The van der Waals surface area contributed by atoms with Crippen LogP contribution in [0.15, 0.2) is 59.5 Å². The highest BCUT2D eigenvalue weighted by atomic mass is 32.2. The summed E-state index contributed by atoms with van der Waals surface area (Å²) in [7, 11) is -3.97. The first-order chi connectivity index (χ1) is 9.91. The van der Waals surface area contributed by atoms with Gasteiger partial charge in [-0.05, 0) is 24.6 Å². The van der Waals surface area contributed by atoms with Crippen molar-refractivity contribution in [2.24, 2.45) is 0 Å². The average molecular weight is 306 g/mol. The summed E-state index contributed by atoms with van der Waals surface area (Å²) in [6, 6.07) is 15.1. The van der Waals surface area contributed by atoms with Crippen molar-refractivity contribution in [3.63, 3.8) is 0 Å². The molecular weight excluding hydrogens is 288 g/mol. The molecule has 0 aromatic heterocycles. The van der Waals surface area contributed by atoms with Crippen LogP contribution < -0.4 is 0 Å². The van der Waals surface area contributed by atoms with E-state index in [9.17, 15) is 18.6 Å². The van der Waals surface area contributed by atoms with Gasteiger partial charge in [0.25, 0.3) is 0 Å². The van der Waals surface area contributed by atoms with Gasteiger partial charge in [-0.1, -0.05) is 48.0 Å². The second-order valence-corrected chi connectivity index (χ2v) is 7.05. The molecule has 0 aliphatic rings. The second-order valence-electron chi connectivity index (χ2n) is 5.01. The predicted octanol–water partition coefficient (Wildman–Crippen LogP) is 1.69. The standard InChI is InChI=1S/C16H18O4S/c1-12-7-9-14(10-8-12)21(19,20)16(18)15(17)11-13-5-3-2-4-6-13/h2-10,15-18H,11H2,1H3. The molecule has 21 heavy (non-hydrogen) atoms. The van der Waals surface area contributed by atoms with Crippen LogP contribution in [0.1, 0.15) is 11.1 Å². The number of aliphatic hydroxyl groups excluding tert-OH is 2. The summed E-state index contributed by atoms with van der Waals surface area (Å²) < 4.78 is 24.5. The lowest BCUT2D eigenvalue weighted by molar-refractivity contribution is 0.0677. The van der Waals surface area contributed by atoms with Gasteiger partial charge in [-0.15, -0.1) is 0 Å². The fourth-order valence-corrected chi connectivity index (χ4v) is 3.33. The van der Waals surface area contributed by atoms with Gasteiger partial charge in [0, 0.05) is 6.42 Å².